The number of amides is 1. The second-order valence-electron chi connectivity index (χ2n) is 6.51. The molecule has 2 aliphatic rings. The van der Waals surface area contributed by atoms with E-state index in [-0.39, 0.29) is 5.91 Å². The molecule has 2 aliphatic carbocycles. The Morgan fingerprint density at radius 3 is 2.96 bits per heavy atom. The van der Waals surface area contributed by atoms with E-state index < -0.39 is 0 Å². The molecule has 1 N–H and O–H groups in total. The number of benzene rings is 1. The van der Waals surface area contributed by atoms with E-state index in [1.54, 1.807) is 4.68 Å². The van der Waals surface area contributed by atoms with Gasteiger partial charge in [0.15, 0.2) is 0 Å². The van der Waals surface area contributed by atoms with Gasteiger partial charge in [0.05, 0.1) is 5.69 Å². The van der Waals surface area contributed by atoms with Crippen molar-refractivity contribution in [1.82, 2.24) is 25.5 Å². The fourth-order valence-electron chi connectivity index (χ4n) is 3.72. The third-order valence-corrected chi connectivity index (χ3v) is 5.01. The van der Waals surface area contributed by atoms with Crippen LogP contribution in [0.1, 0.15) is 28.8 Å². The minimum Gasteiger partial charge on any atom is -0.352 e. The molecule has 0 radical (unpaired) electrons. The molecule has 0 saturated heterocycles. The monoisotopic (exact) mass is 309 g/mol. The predicted molar refractivity (Wildman–Crippen MR) is 85.1 cm³/mol. The van der Waals surface area contributed by atoms with E-state index >= 15 is 0 Å². The van der Waals surface area contributed by atoms with E-state index in [0.717, 1.165) is 23.7 Å². The van der Waals surface area contributed by atoms with E-state index in [4.69, 9.17) is 0 Å². The molecule has 0 aliphatic heterocycles. The maximum absolute atomic E-state index is 12.5. The number of carbonyl (C=O) groups excluding carboxylic acids is 1. The summed E-state index contributed by atoms with van der Waals surface area (Å²) in [5.41, 5.74) is 2.48. The molecule has 4 rings (SSSR count). The Labute approximate surface area is 134 Å². The number of aryl methyl sites for hydroxylation is 1. The highest BCUT2D eigenvalue weighted by Crippen LogP contribution is 2.42. The third kappa shape index (κ3) is 2.65. The van der Waals surface area contributed by atoms with Gasteiger partial charge in [-0.3, -0.25) is 4.79 Å². The molecule has 1 heterocycles. The number of rotatable bonds is 4. The molecule has 0 unspecified atom stereocenters. The minimum atomic E-state index is -0.0360. The van der Waals surface area contributed by atoms with Gasteiger partial charge >= 0.3 is 0 Å². The molecular weight excluding hydrogens is 290 g/mol. The van der Waals surface area contributed by atoms with Gasteiger partial charge in [-0.1, -0.05) is 18.2 Å². The number of nitrogens with zero attached hydrogens (tertiary/aromatic N) is 4. The van der Waals surface area contributed by atoms with Crippen molar-refractivity contribution in [2.24, 2.45) is 17.8 Å². The first-order chi connectivity index (χ1) is 11.2. The van der Waals surface area contributed by atoms with Gasteiger partial charge in [-0.25, -0.2) is 4.68 Å². The summed E-state index contributed by atoms with van der Waals surface area (Å²) in [6, 6.07) is 5.60. The number of carbonyl (C=O) groups is 1. The Morgan fingerprint density at radius 2 is 2.26 bits per heavy atom. The SMILES string of the molecule is Cc1ccc(C(=O)NC[C@H]2C[C@@H]3C=C[C@H]2C3)cc1-n1cnnn1. The van der Waals surface area contributed by atoms with Gasteiger partial charge in [-0.05, 0) is 65.6 Å². The summed E-state index contributed by atoms with van der Waals surface area (Å²) in [4.78, 5) is 12.5. The molecule has 118 valence electrons. The van der Waals surface area contributed by atoms with Crippen molar-refractivity contribution in [2.45, 2.75) is 19.8 Å². The zero-order valence-electron chi connectivity index (χ0n) is 13.0. The summed E-state index contributed by atoms with van der Waals surface area (Å²) in [6.45, 7) is 2.72. The van der Waals surface area contributed by atoms with Crippen molar-refractivity contribution in [3.05, 3.63) is 47.8 Å². The van der Waals surface area contributed by atoms with E-state index in [2.05, 4.69) is 33.0 Å². The van der Waals surface area contributed by atoms with Gasteiger partial charge in [0.2, 0.25) is 0 Å². The highest BCUT2D eigenvalue weighted by atomic mass is 16.1. The van der Waals surface area contributed by atoms with Crippen molar-refractivity contribution in [2.75, 3.05) is 6.54 Å². The fourth-order valence-corrected chi connectivity index (χ4v) is 3.72. The van der Waals surface area contributed by atoms with Gasteiger partial charge in [-0.15, -0.1) is 5.10 Å². The Kier molecular flexibility index (Phi) is 3.44. The Bertz CT molecular complexity index is 752. The normalized spacial score (nSPS) is 25.0. The average molecular weight is 309 g/mol. The summed E-state index contributed by atoms with van der Waals surface area (Å²) < 4.78 is 1.58. The number of aromatic nitrogens is 4. The Morgan fingerprint density at radius 1 is 1.35 bits per heavy atom. The molecular formula is C17H19N5O. The molecule has 1 amide bonds. The summed E-state index contributed by atoms with van der Waals surface area (Å²) in [6.07, 6.45) is 8.62. The number of hydrogen-bond donors (Lipinski definition) is 1. The number of tetrazole rings is 1. The van der Waals surface area contributed by atoms with Crippen LogP contribution in [0.3, 0.4) is 0 Å². The molecule has 6 nitrogen and oxygen atoms in total. The number of hydrogen-bond acceptors (Lipinski definition) is 4. The predicted octanol–water partition coefficient (Wildman–Crippen LogP) is 1.91. The van der Waals surface area contributed by atoms with Crippen LogP contribution in [0.5, 0.6) is 0 Å². The maximum Gasteiger partial charge on any atom is 0.251 e. The summed E-state index contributed by atoms with van der Waals surface area (Å²) in [5.74, 6) is 1.92. The topological polar surface area (TPSA) is 72.7 Å². The summed E-state index contributed by atoms with van der Waals surface area (Å²) >= 11 is 0. The van der Waals surface area contributed by atoms with Crippen molar-refractivity contribution < 1.29 is 4.79 Å². The first-order valence-corrected chi connectivity index (χ1v) is 8.01. The molecule has 0 spiro atoms. The van der Waals surface area contributed by atoms with E-state index in [9.17, 15) is 4.79 Å². The van der Waals surface area contributed by atoms with E-state index in [0.29, 0.717) is 17.4 Å². The van der Waals surface area contributed by atoms with Crippen LogP contribution in [-0.4, -0.2) is 32.7 Å². The Hall–Kier alpha value is -2.50. The standard InChI is InChI=1S/C17H19N5O/c1-11-2-4-14(8-16(11)22-10-19-20-21-22)17(23)18-9-15-7-12-3-5-13(15)6-12/h2-5,8,10,12-13,15H,6-7,9H2,1H3,(H,18,23)/t12-,13+,15-/m1/s1. The highest BCUT2D eigenvalue weighted by Gasteiger charge is 2.35. The number of allylic oxidation sites excluding steroid dienone is 2. The zero-order valence-corrected chi connectivity index (χ0v) is 13.0. The molecule has 6 heteroatoms. The van der Waals surface area contributed by atoms with Crippen LogP contribution in [0.4, 0.5) is 0 Å². The molecule has 1 fully saturated rings. The van der Waals surface area contributed by atoms with Crippen molar-refractivity contribution in [3.8, 4) is 5.69 Å². The minimum absolute atomic E-state index is 0.0360. The van der Waals surface area contributed by atoms with Gasteiger partial charge in [0.25, 0.3) is 5.91 Å². The van der Waals surface area contributed by atoms with Crippen LogP contribution in [0.2, 0.25) is 0 Å². The molecule has 23 heavy (non-hydrogen) atoms. The van der Waals surface area contributed by atoms with Crippen LogP contribution >= 0.6 is 0 Å². The lowest BCUT2D eigenvalue weighted by molar-refractivity contribution is 0.0945. The first kappa shape index (κ1) is 14.1. The lowest BCUT2D eigenvalue weighted by Gasteiger charge is -2.18. The molecule has 1 aromatic carbocycles. The van der Waals surface area contributed by atoms with E-state index in [1.165, 1.54) is 19.2 Å². The van der Waals surface area contributed by atoms with Crippen LogP contribution in [0.15, 0.2) is 36.7 Å². The molecule has 1 saturated carbocycles. The molecule has 3 atom stereocenters. The van der Waals surface area contributed by atoms with Crippen molar-refractivity contribution >= 4 is 5.91 Å². The lowest BCUT2D eigenvalue weighted by atomic mass is 9.93. The first-order valence-electron chi connectivity index (χ1n) is 8.01. The van der Waals surface area contributed by atoms with Crippen LogP contribution < -0.4 is 5.32 Å². The van der Waals surface area contributed by atoms with Crippen molar-refractivity contribution in [3.63, 3.8) is 0 Å². The number of nitrogens with one attached hydrogen (secondary N) is 1. The second kappa shape index (κ2) is 5.61. The zero-order chi connectivity index (χ0) is 15.8. The van der Waals surface area contributed by atoms with Crippen molar-refractivity contribution in [1.29, 1.82) is 0 Å². The van der Waals surface area contributed by atoms with Gasteiger partial charge < -0.3 is 5.32 Å². The molecule has 1 aromatic heterocycles. The maximum atomic E-state index is 12.5. The average Bonchev–Trinajstić information content (AvgIpc) is 3.30. The van der Waals surface area contributed by atoms with Gasteiger partial charge in [0.1, 0.15) is 6.33 Å². The Balaban J connectivity index is 1.46. The van der Waals surface area contributed by atoms with Gasteiger partial charge in [-0.2, -0.15) is 0 Å². The fraction of sp³-hybridized carbons (Fsp3) is 0.412. The lowest BCUT2D eigenvalue weighted by Crippen LogP contribution is -2.31. The largest absolute Gasteiger partial charge is 0.352 e. The summed E-state index contributed by atoms with van der Waals surface area (Å²) in [7, 11) is 0. The van der Waals surface area contributed by atoms with Crippen LogP contribution in [0.25, 0.3) is 5.69 Å². The molecule has 2 aromatic rings. The van der Waals surface area contributed by atoms with Crippen LogP contribution in [0, 0.1) is 24.7 Å². The summed E-state index contributed by atoms with van der Waals surface area (Å²) in [5, 5.41) is 14.3. The quantitative estimate of drug-likeness (QED) is 0.876. The second-order valence-corrected chi connectivity index (χ2v) is 6.51. The number of fused-ring (bicyclic) bond motifs is 2. The van der Waals surface area contributed by atoms with E-state index in [1.807, 2.05) is 25.1 Å². The third-order valence-electron chi connectivity index (χ3n) is 5.01. The smallest absolute Gasteiger partial charge is 0.251 e. The molecule has 2 bridgehead atoms. The van der Waals surface area contributed by atoms with Crippen LogP contribution in [-0.2, 0) is 0 Å². The van der Waals surface area contributed by atoms with Gasteiger partial charge in [0, 0.05) is 12.1 Å². The highest BCUT2D eigenvalue weighted by molar-refractivity contribution is 5.94.